The van der Waals surface area contributed by atoms with Crippen molar-refractivity contribution in [1.82, 2.24) is 0 Å². The molecular weight excluding hydrogens is 471 g/mol. The minimum Gasteiger partial charge on any atom is -0.352 e. The monoisotopic (exact) mass is 488 g/mol. The Morgan fingerprint density at radius 1 is 0.794 bits per heavy atom. The summed E-state index contributed by atoms with van der Waals surface area (Å²) in [5, 5.41) is 0.615. The third kappa shape index (κ3) is 2.97. The molecule has 0 radical (unpaired) electrons. The molecule has 2 saturated heterocycles. The average molecular weight is 489 g/mol. The van der Waals surface area contributed by atoms with Crippen molar-refractivity contribution < 1.29 is 14.4 Å². The van der Waals surface area contributed by atoms with Crippen molar-refractivity contribution in [2.24, 2.45) is 11.8 Å². The number of imide groups is 1. The number of hydrogen-bond donors (Lipinski definition) is 0. The zero-order valence-corrected chi connectivity index (χ0v) is 19.3. The standard InChI is InChI=1S/C27H18Cl2N2O3/c28-17-11-13-20(18(29)14-17)31-26(33)22-21-12-10-15-6-4-5-9-19(15)30(21)24(23(22)27(31)34)25(32)16-7-2-1-3-8-16/h1-14,21-24H/t21-,22-,23-,24+/m1/s1. The molecule has 3 aromatic rings. The van der Waals surface area contributed by atoms with E-state index < -0.39 is 29.8 Å². The lowest BCUT2D eigenvalue weighted by molar-refractivity contribution is -0.122. The van der Waals surface area contributed by atoms with Crippen LogP contribution in [0.1, 0.15) is 15.9 Å². The van der Waals surface area contributed by atoms with E-state index in [0.29, 0.717) is 10.6 Å². The Hall–Kier alpha value is -3.41. The lowest BCUT2D eigenvalue weighted by Crippen LogP contribution is -2.48. The average Bonchev–Trinajstić information content (AvgIpc) is 3.32. The topological polar surface area (TPSA) is 57.7 Å². The predicted octanol–water partition coefficient (Wildman–Crippen LogP) is 5.27. The predicted molar refractivity (Wildman–Crippen MR) is 132 cm³/mol. The summed E-state index contributed by atoms with van der Waals surface area (Å²) < 4.78 is 0. The molecule has 0 bridgehead atoms. The van der Waals surface area contributed by atoms with E-state index in [0.717, 1.165) is 16.2 Å². The number of Topliss-reactive ketones (excluding diaryl/α,β-unsaturated/α-hetero) is 1. The van der Waals surface area contributed by atoms with Gasteiger partial charge in [0.05, 0.1) is 28.6 Å². The number of nitrogens with zero attached hydrogens (tertiary/aromatic N) is 2. The Labute approximate surface area is 206 Å². The summed E-state index contributed by atoms with van der Waals surface area (Å²) in [4.78, 5) is 44.5. The van der Waals surface area contributed by atoms with Gasteiger partial charge in [0.2, 0.25) is 11.8 Å². The van der Waals surface area contributed by atoms with E-state index in [1.165, 1.54) is 6.07 Å². The molecular formula is C27H18Cl2N2O3. The van der Waals surface area contributed by atoms with Crippen LogP contribution >= 0.6 is 23.2 Å². The first-order valence-electron chi connectivity index (χ1n) is 10.9. The molecule has 3 aromatic carbocycles. The smallest absolute Gasteiger partial charge is 0.240 e. The largest absolute Gasteiger partial charge is 0.352 e. The van der Waals surface area contributed by atoms with Gasteiger partial charge in [-0.2, -0.15) is 0 Å². The summed E-state index contributed by atoms with van der Waals surface area (Å²) in [7, 11) is 0. The van der Waals surface area contributed by atoms with E-state index in [1.807, 2.05) is 47.4 Å². The number of ketones is 1. The van der Waals surface area contributed by atoms with Gasteiger partial charge in [0, 0.05) is 16.3 Å². The highest BCUT2D eigenvalue weighted by Crippen LogP contribution is 2.50. The minimum absolute atomic E-state index is 0.187. The van der Waals surface area contributed by atoms with E-state index in [9.17, 15) is 14.4 Å². The molecule has 4 atom stereocenters. The fraction of sp³-hybridized carbons (Fsp3) is 0.148. The van der Waals surface area contributed by atoms with Crippen LogP contribution < -0.4 is 9.80 Å². The highest BCUT2D eigenvalue weighted by atomic mass is 35.5. The van der Waals surface area contributed by atoms with Gasteiger partial charge in [0.15, 0.2) is 5.78 Å². The second-order valence-corrected chi connectivity index (χ2v) is 9.49. The number of rotatable bonds is 3. The Bertz CT molecular complexity index is 1390. The Balaban J connectivity index is 1.51. The van der Waals surface area contributed by atoms with E-state index in [1.54, 1.807) is 36.4 Å². The Morgan fingerprint density at radius 2 is 1.50 bits per heavy atom. The van der Waals surface area contributed by atoms with Gasteiger partial charge in [-0.1, -0.05) is 83.9 Å². The van der Waals surface area contributed by atoms with Crippen LogP contribution in [0.25, 0.3) is 6.08 Å². The molecule has 0 saturated carbocycles. The summed E-state index contributed by atoms with van der Waals surface area (Å²) >= 11 is 12.4. The summed E-state index contributed by atoms with van der Waals surface area (Å²) in [6, 6.07) is 20.0. The quantitative estimate of drug-likeness (QED) is 0.372. The molecule has 6 rings (SSSR count). The van der Waals surface area contributed by atoms with Gasteiger partial charge < -0.3 is 4.90 Å². The molecule has 34 heavy (non-hydrogen) atoms. The minimum atomic E-state index is -0.840. The van der Waals surface area contributed by atoms with Gasteiger partial charge in [0.25, 0.3) is 0 Å². The molecule has 168 valence electrons. The summed E-state index contributed by atoms with van der Waals surface area (Å²) in [6.45, 7) is 0. The fourth-order valence-corrected chi connectivity index (χ4v) is 5.98. The van der Waals surface area contributed by atoms with Crippen LogP contribution in [0.3, 0.4) is 0 Å². The van der Waals surface area contributed by atoms with E-state index >= 15 is 0 Å². The number of benzene rings is 3. The Kier molecular flexibility index (Phi) is 4.87. The molecule has 2 amide bonds. The number of fused-ring (bicyclic) bond motifs is 5. The van der Waals surface area contributed by atoms with E-state index in [-0.39, 0.29) is 22.4 Å². The molecule has 0 aromatic heterocycles. The first kappa shape index (κ1) is 21.1. The first-order chi connectivity index (χ1) is 16.5. The Morgan fingerprint density at radius 3 is 2.26 bits per heavy atom. The number of amides is 2. The number of hydrogen-bond acceptors (Lipinski definition) is 4. The zero-order chi connectivity index (χ0) is 23.6. The molecule has 2 fully saturated rings. The molecule has 5 nitrogen and oxygen atoms in total. The van der Waals surface area contributed by atoms with E-state index in [2.05, 4.69) is 0 Å². The molecule has 0 spiro atoms. The summed E-state index contributed by atoms with van der Waals surface area (Å²) in [5.41, 5.74) is 2.58. The van der Waals surface area contributed by atoms with Gasteiger partial charge in [-0.15, -0.1) is 0 Å². The number of para-hydroxylation sites is 1. The van der Waals surface area contributed by atoms with Gasteiger partial charge >= 0.3 is 0 Å². The van der Waals surface area contributed by atoms with Crippen LogP contribution in [0.2, 0.25) is 10.0 Å². The maximum atomic E-state index is 13.9. The van der Waals surface area contributed by atoms with Crippen molar-refractivity contribution in [3.8, 4) is 0 Å². The van der Waals surface area contributed by atoms with Crippen LogP contribution in [-0.2, 0) is 9.59 Å². The molecule has 3 aliphatic heterocycles. The lowest BCUT2D eigenvalue weighted by atomic mass is 9.86. The highest BCUT2D eigenvalue weighted by Gasteiger charge is 2.64. The second kappa shape index (κ2) is 7.83. The zero-order valence-electron chi connectivity index (χ0n) is 17.8. The van der Waals surface area contributed by atoms with Crippen LogP contribution in [-0.4, -0.2) is 29.7 Å². The van der Waals surface area contributed by atoms with Crippen molar-refractivity contribution >= 4 is 58.3 Å². The molecule has 0 N–H and O–H groups in total. The number of halogens is 2. The highest BCUT2D eigenvalue weighted by molar-refractivity contribution is 6.38. The van der Waals surface area contributed by atoms with Crippen LogP contribution in [0.5, 0.6) is 0 Å². The summed E-state index contributed by atoms with van der Waals surface area (Å²) in [6.07, 6.45) is 3.88. The fourth-order valence-electron chi connectivity index (χ4n) is 5.49. The van der Waals surface area contributed by atoms with Crippen molar-refractivity contribution in [3.63, 3.8) is 0 Å². The third-order valence-electron chi connectivity index (χ3n) is 6.89. The normalized spacial score (nSPS) is 24.8. The maximum absolute atomic E-state index is 13.9. The number of carbonyl (C=O) groups excluding carboxylic acids is 3. The molecule has 3 heterocycles. The van der Waals surface area contributed by atoms with Gasteiger partial charge in [-0.3, -0.25) is 14.4 Å². The van der Waals surface area contributed by atoms with E-state index in [4.69, 9.17) is 23.2 Å². The van der Waals surface area contributed by atoms with Crippen LogP contribution in [0.4, 0.5) is 11.4 Å². The van der Waals surface area contributed by atoms with Gasteiger partial charge in [-0.25, -0.2) is 4.90 Å². The van der Waals surface area contributed by atoms with Crippen molar-refractivity contribution in [3.05, 3.63) is 100 Å². The SMILES string of the molecule is O=C(c1ccccc1)[C@@H]1[C@@H]2C(=O)N(c3ccc(Cl)cc3Cl)C(=O)[C@@H]2[C@H]2C=Cc3ccccc3N21. The summed E-state index contributed by atoms with van der Waals surface area (Å²) in [5.74, 6) is -2.52. The van der Waals surface area contributed by atoms with Gasteiger partial charge in [-0.05, 0) is 29.8 Å². The first-order valence-corrected chi connectivity index (χ1v) is 11.7. The van der Waals surface area contributed by atoms with Crippen molar-refractivity contribution in [2.45, 2.75) is 12.1 Å². The van der Waals surface area contributed by atoms with Crippen molar-refractivity contribution in [2.75, 3.05) is 9.80 Å². The molecule has 3 aliphatic rings. The van der Waals surface area contributed by atoms with Crippen LogP contribution in [0, 0.1) is 11.8 Å². The third-order valence-corrected chi connectivity index (χ3v) is 7.43. The number of carbonyl (C=O) groups is 3. The number of anilines is 2. The van der Waals surface area contributed by atoms with Gasteiger partial charge in [0.1, 0.15) is 6.04 Å². The molecule has 0 unspecified atom stereocenters. The van der Waals surface area contributed by atoms with Crippen molar-refractivity contribution in [1.29, 1.82) is 0 Å². The second-order valence-electron chi connectivity index (χ2n) is 8.65. The maximum Gasteiger partial charge on any atom is 0.240 e. The molecule has 7 heteroatoms. The van der Waals surface area contributed by atoms with Crippen LogP contribution in [0.15, 0.2) is 78.9 Å². The molecule has 0 aliphatic carbocycles. The lowest BCUT2D eigenvalue weighted by Gasteiger charge is -2.36.